The molecule has 0 aliphatic carbocycles. The number of hydrogen-bond acceptors (Lipinski definition) is 4. The Morgan fingerprint density at radius 3 is 2.41 bits per heavy atom. The molecule has 0 bridgehead atoms. The Morgan fingerprint density at radius 2 is 1.82 bits per heavy atom. The summed E-state index contributed by atoms with van der Waals surface area (Å²) in [5, 5.41) is 19.5. The maximum Gasteiger partial charge on any atom is 0.0916 e. The van der Waals surface area contributed by atoms with Gasteiger partial charge >= 0.3 is 0 Å². The van der Waals surface area contributed by atoms with E-state index in [0.717, 1.165) is 5.56 Å². The highest BCUT2D eigenvalue weighted by molar-refractivity contribution is 5.17. The van der Waals surface area contributed by atoms with E-state index >= 15 is 0 Å². The summed E-state index contributed by atoms with van der Waals surface area (Å²) in [5.74, 6) is 0. The number of hydrogen-bond donors (Lipinski definition) is 2. The van der Waals surface area contributed by atoms with E-state index in [0.29, 0.717) is 19.7 Å². The molecule has 0 aliphatic heterocycles. The number of methoxy groups -OCH3 is 1. The van der Waals surface area contributed by atoms with Crippen LogP contribution in [0.3, 0.4) is 0 Å². The summed E-state index contributed by atoms with van der Waals surface area (Å²) in [6.45, 7) is 1.29. The van der Waals surface area contributed by atoms with Crippen LogP contribution in [-0.2, 0) is 4.74 Å². The van der Waals surface area contributed by atoms with Crippen LogP contribution in [0.25, 0.3) is 0 Å². The second-order valence-electron chi connectivity index (χ2n) is 4.26. The molecule has 1 aromatic rings. The van der Waals surface area contributed by atoms with E-state index in [1.165, 1.54) is 0 Å². The summed E-state index contributed by atoms with van der Waals surface area (Å²) in [6, 6.07) is 9.51. The zero-order valence-corrected chi connectivity index (χ0v) is 10.4. The molecule has 2 unspecified atom stereocenters. The topological polar surface area (TPSA) is 52.9 Å². The standard InChI is InChI=1S/C13H21NO3/c1-14(8-12(15)10-17-2)9-13(16)11-6-4-3-5-7-11/h3-7,12-13,15-16H,8-10H2,1-2H3. The molecule has 1 aromatic carbocycles. The highest BCUT2D eigenvalue weighted by atomic mass is 16.5. The Labute approximate surface area is 102 Å². The Hall–Kier alpha value is -0.940. The van der Waals surface area contributed by atoms with Crippen molar-refractivity contribution in [3.05, 3.63) is 35.9 Å². The molecule has 0 heterocycles. The molecule has 2 atom stereocenters. The fourth-order valence-corrected chi connectivity index (χ4v) is 1.76. The number of rotatable bonds is 7. The van der Waals surface area contributed by atoms with Gasteiger partial charge in [-0.05, 0) is 12.6 Å². The van der Waals surface area contributed by atoms with E-state index in [-0.39, 0.29) is 0 Å². The first kappa shape index (κ1) is 14.1. The molecule has 0 fully saturated rings. The number of aliphatic hydroxyl groups excluding tert-OH is 2. The minimum atomic E-state index is -0.532. The zero-order valence-electron chi connectivity index (χ0n) is 10.4. The fraction of sp³-hybridized carbons (Fsp3) is 0.538. The van der Waals surface area contributed by atoms with Crippen LogP contribution in [0.5, 0.6) is 0 Å². The highest BCUT2D eigenvalue weighted by Gasteiger charge is 2.13. The molecular formula is C13H21NO3. The molecular weight excluding hydrogens is 218 g/mol. The monoisotopic (exact) mass is 239 g/mol. The van der Waals surface area contributed by atoms with Gasteiger partial charge in [-0.3, -0.25) is 0 Å². The molecule has 0 saturated heterocycles. The average Bonchev–Trinajstić information content (AvgIpc) is 2.30. The predicted molar refractivity (Wildman–Crippen MR) is 66.8 cm³/mol. The maximum atomic E-state index is 9.98. The lowest BCUT2D eigenvalue weighted by Gasteiger charge is -2.23. The zero-order chi connectivity index (χ0) is 12.7. The van der Waals surface area contributed by atoms with Crippen molar-refractivity contribution in [2.24, 2.45) is 0 Å². The van der Waals surface area contributed by atoms with Crippen LogP contribution in [0.4, 0.5) is 0 Å². The molecule has 4 heteroatoms. The van der Waals surface area contributed by atoms with E-state index in [1.807, 2.05) is 42.3 Å². The first-order valence-electron chi connectivity index (χ1n) is 5.72. The molecule has 0 radical (unpaired) electrons. The van der Waals surface area contributed by atoms with Gasteiger partial charge in [-0.25, -0.2) is 0 Å². The lowest BCUT2D eigenvalue weighted by molar-refractivity contribution is 0.0318. The SMILES string of the molecule is COCC(O)CN(C)CC(O)c1ccccc1. The van der Waals surface area contributed by atoms with Gasteiger partial charge < -0.3 is 19.8 Å². The van der Waals surface area contributed by atoms with Crippen LogP contribution < -0.4 is 0 Å². The van der Waals surface area contributed by atoms with Crippen LogP contribution in [0, 0.1) is 0 Å². The third-order valence-electron chi connectivity index (χ3n) is 2.55. The third-order valence-corrected chi connectivity index (χ3v) is 2.55. The van der Waals surface area contributed by atoms with E-state index < -0.39 is 12.2 Å². The van der Waals surface area contributed by atoms with Gasteiger partial charge in [0.05, 0.1) is 18.8 Å². The van der Waals surface area contributed by atoms with E-state index in [4.69, 9.17) is 4.74 Å². The quantitative estimate of drug-likeness (QED) is 0.734. The first-order valence-corrected chi connectivity index (χ1v) is 5.72. The maximum absolute atomic E-state index is 9.98. The fourth-order valence-electron chi connectivity index (χ4n) is 1.76. The van der Waals surface area contributed by atoms with Gasteiger partial charge in [-0.15, -0.1) is 0 Å². The van der Waals surface area contributed by atoms with E-state index in [1.54, 1.807) is 7.11 Å². The highest BCUT2D eigenvalue weighted by Crippen LogP contribution is 2.12. The molecule has 96 valence electrons. The smallest absolute Gasteiger partial charge is 0.0916 e. The number of likely N-dealkylation sites (N-methyl/N-ethyl adjacent to an activating group) is 1. The van der Waals surface area contributed by atoms with Gasteiger partial charge in [0, 0.05) is 20.2 Å². The molecule has 0 amide bonds. The van der Waals surface area contributed by atoms with Gasteiger partial charge in [-0.1, -0.05) is 30.3 Å². The summed E-state index contributed by atoms with van der Waals surface area (Å²) in [7, 11) is 3.42. The summed E-state index contributed by atoms with van der Waals surface area (Å²) >= 11 is 0. The molecule has 0 aliphatic rings. The Bertz CT molecular complexity index is 305. The van der Waals surface area contributed by atoms with Crippen molar-refractivity contribution >= 4 is 0 Å². The Morgan fingerprint density at radius 1 is 1.18 bits per heavy atom. The van der Waals surface area contributed by atoms with Crippen molar-refractivity contribution in [3.8, 4) is 0 Å². The minimum absolute atomic E-state index is 0.311. The van der Waals surface area contributed by atoms with Gasteiger partial charge in [0.2, 0.25) is 0 Å². The van der Waals surface area contributed by atoms with Crippen molar-refractivity contribution < 1.29 is 14.9 Å². The second-order valence-corrected chi connectivity index (χ2v) is 4.26. The van der Waals surface area contributed by atoms with Crippen molar-refractivity contribution in [2.75, 3.05) is 33.9 Å². The summed E-state index contributed by atoms with van der Waals surface area (Å²) < 4.78 is 4.85. The molecule has 2 N–H and O–H groups in total. The summed E-state index contributed by atoms with van der Waals surface area (Å²) in [5.41, 5.74) is 0.889. The van der Waals surface area contributed by atoms with Crippen LogP contribution >= 0.6 is 0 Å². The molecule has 0 spiro atoms. The molecule has 1 rings (SSSR count). The molecule has 0 saturated carbocycles. The van der Waals surface area contributed by atoms with Gasteiger partial charge in [0.1, 0.15) is 0 Å². The van der Waals surface area contributed by atoms with Crippen LogP contribution in [-0.4, -0.2) is 55.1 Å². The van der Waals surface area contributed by atoms with Crippen molar-refractivity contribution in [3.63, 3.8) is 0 Å². The van der Waals surface area contributed by atoms with E-state index in [2.05, 4.69) is 0 Å². The Kier molecular flexibility index (Phi) is 6.15. The van der Waals surface area contributed by atoms with Crippen LogP contribution in [0.1, 0.15) is 11.7 Å². The third kappa shape index (κ3) is 5.28. The van der Waals surface area contributed by atoms with Gasteiger partial charge in [0.15, 0.2) is 0 Å². The number of aliphatic hydroxyl groups is 2. The lowest BCUT2D eigenvalue weighted by atomic mass is 10.1. The van der Waals surface area contributed by atoms with Crippen molar-refractivity contribution in [2.45, 2.75) is 12.2 Å². The largest absolute Gasteiger partial charge is 0.389 e. The lowest BCUT2D eigenvalue weighted by Crippen LogP contribution is -2.34. The summed E-state index contributed by atoms with van der Waals surface area (Å²) in [6.07, 6.45) is -1.05. The second kappa shape index (κ2) is 7.40. The summed E-state index contributed by atoms with van der Waals surface area (Å²) in [4.78, 5) is 1.89. The van der Waals surface area contributed by atoms with Crippen molar-refractivity contribution in [1.29, 1.82) is 0 Å². The number of benzene rings is 1. The van der Waals surface area contributed by atoms with Crippen molar-refractivity contribution in [1.82, 2.24) is 4.90 Å². The molecule has 17 heavy (non-hydrogen) atoms. The minimum Gasteiger partial charge on any atom is -0.389 e. The first-order chi connectivity index (χ1) is 8.13. The van der Waals surface area contributed by atoms with Gasteiger partial charge in [-0.2, -0.15) is 0 Å². The van der Waals surface area contributed by atoms with Crippen LogP contribution in [0.2, 0.25) is 0 Å². The number of nitrogens with zero attached hydrogens (tertiary/aromatic N) is 1. The van der Waals surface area contributed by atoms with E-state index in [9.17, 15) is 10.2 Å². The molecule has 0 aromatic heterocycles. The Balaban J connectivity index is 2.38. The predicted octanol–water partition coefficient (Wildman–Crippen LogP) is 0.659. The number of ether oxygens (including phenoxy) is 1. The average molecular weight is 239 g/mol. The molecule has 4 nitrogen and oxygen atoms in total. The van der Waals surface area contributed by atoms with Gasteiger partial charge in [0.25, 0.3) is 0 Å². The van der Waals surface area contributed by atoms with Crippen LogP contribution in [0.15, 0.2) is 30.3 Å². The normalized spacial score (nSPS) is 14.9.